The van der Waals surface area contributed by atoms with Gasteiger partial charge in [0.2, 0.25) is 5.88 Å². The van der Waals surface area contributed by atoms with E-state index >= 15 is 0 Å². The third-order valence-corrected chi connectivity index (χ3v) is 4.17. The fourth-order valence-corrected chi connectivity index (χ4v) is 2.91. The number of carboxylic acid groups (broad SMARTS) is 1. The summed E-state index contributed by atoms with van der Waals surface area (Å²) in [6.07, 6.45) is 0. The molecule has 112 valence electrons. The van der Waals surface area contributed by atoms with Crippen LogP contribution in [0.5, 0.6) is 0 Å². The largest absolute Gasteiger partial charge is 0.478 e. The van der Waals surface area contributed by atoms with Crippen LogP contribution in [0.15, 0.2) is 27.6 Å². The summed E-state index contributed by atoms with van der Waals surface area (Å²) < 4.78 is 44.9. The molecule has 0 aliphatic carbocycles. The lowest BCUT2D eigenvalue weighted by atomic mass is 10.1. The summed E-state index contributed by atoms with van der Waals surface area (Å²) in [7, 11) is -4.20. The molecular formula is C12H11FN2O5S. The highest BCUT2D eigenvalue weighted by molar-refractivity contribution is 7.92. The number of aromatic carboxylic acids is 1. The minimum atomic E-state index is -4.20. The third-order valence-electron chi connectivity index (χ3n) is 2.70. The zero-order chi connectivity index (χ0) is 15.8. The lowest BCUT2D eigenvalue weighted by Gasteiger charge is -2.09. The molecule has 1 aromatic heterocycles. The van der Waals surface area contributed by atoms with Crippen LogP contribution in [-0.4, -0.2) is 24.7 Å². The first-order valence-electron chi connectivity index (χ1n) is 5.70. The van der Waals surface area contributed by atoms with E-state index in [0.717, 1.165) is 12.1 Å². The number of rotatable bonds is 4. The van der Waals surface area contributed by atoms with Gasteiger partial charge in [-0.1, -0.05) is 5.16 Å². The summed E-state index contributed by atoms with van der Waals surface area (Å²) in [5.74, 6) is -2.50. The Kier molecular flexibility index (Phi) is 3.69. The van der Waals surface area contributed by atoms with Gasteiger partial charge in [0.05, 0.1) is 16.2 Å². The van der Waals surface area contributed by atoms with Gasteiger partial charge < -0.3 is 9.63 Å². The van der Waals surface area contributed by atoms with Crippen LogP contribution < -0.4 is 4.72 Å². The van der Waals surface area contributed by atoms with Crippen molar-refractivity contribution in [3.8, 4) is 0 Å². The molecule has 2 aromatic rings. The minimum Gasteiger partial charge on any atom is -0.478 e. The molecule has 0 unspecified atom stereocenters. The van der Waals surface area contributed by atoms with Crippen molar-refractivity contribution in [2.75, 3.05) is 4.72 Å². The zero-order valence-electron chi connectivity index (χ0n) is 11.0. The topological polar surface area (TPSA) is 110 Å². The Morgan fingerprint density at radius 3 is 2.52 bits per heavy atom. The van der Waals surface area contributed by atoms with E-state index in [2.05, 4.69) is 9.88 Å². The van der Waals surface area contributed by atoms with Gasteiger partial charge in [0.25, 0.3) is 10.0 Å². The van der Waals surface area contributed by atoms with Gasteiger partial charge in [0.1, 0.15) is 5.82 Å². The molecule has 7 nitrogen and oxygen atoms in total. The van der Waals surface area contributed by atoms with Crippen molar-refractivity contribution < 1.29 is 27.2 Å². The molecule has 2 rings (SSSR count). The predicted octanol–water partition coefficient (Wildman–Crippen LogP) is 1.93. The Balaban J connectivity index is 2.51. The Morgan fingerprint density at radius 2 is 2.00 bits per heavy atom. The standard InChI is InChI=1S/C12H11FN2O5S/c1-6-3-11(20-14-6)15-21(18,19)10-5-8(12(16)17)4-9(13)7(10)2/h3-5,15H,1-2H3,(H,16,17). The van der Waals surface area contributed by atoms with Gasteiger partial charge in [-0.2, -0.15) is 0 Å². The second kappa shape index (κ2) is 5.17. The van der Waals surface area contributed by atoms with Crippen LogP contribution in [0, 0.1) is 19.7 Å². The maximum absolute atomic E-state index is 13.7. The van der Waals surface area contributed by atoms with Gasteiger partial charge in [-0.05, 0) is 26.0 Å². The number of nitrogens with zero attached hydrogens (tertiary/aromatic N) is 1. The van der Waals surface area contributed by atoms with Crippen molar-refractivity contribution in [1.82, 2.24) is 5.16 Å². The lowest BCUT2D eigenvalue weighted by molar-refractivity contribution is 0.0696. The molecule has 0 atom stereocenters. The van der Waals surface area contributed by atoms with Gasteiger partial charge in [-0.15, -0.1) is 0 Å². The maximum atomic E-state index is 13.7. The molecule has 9 heteroatoms. The Bertz CT molecular complexity index is 813. The minimum absolute atomic E-state index is 0.145. The van der Waals surface area contributed by atoms with Crippen molar-refractivity contribution in [3.05, 3.63) is 40.8 Å². The molecule has 0 saturated carbocycles. The first kappa shape index (κ1) is 15.0. The van der Waals surface area contributed by atoms with Crippen molar-refractivity contribution in [3.63, 3.8) is 0 Å². The van der Waals surface area contributed by atoms with Gasteiger partial charge in [0, 0.05) is 11.6 Å². The number of hydrogen-bond donors (Lipinski definition) is 2. The average Bonchev–Trinajstić information content (AvgIpc) is 2.76. The highest BCUT2D eigenvalue weighted by Crippen LogP contribution is 2.23. The van der Waals surface area contributed by atoms with Gasteiger partial charge in [-0.3, -0.25) is 0 Å². The molecule has 0 spiro atoms. The van der Waals surface area contributed by atoms with Crippen LogP contribution in [0.1, 0.15) is 21.6 Å². The van der Waals surface area contributed by atoms with Crippen LogP contribution in [0.2, 0.25) is 0 Å². The molecule has 0 bridgehead atoms. The van der Waals surface area contributed by atoms with Crippen LogP contribution >= 0.6 is 0 Å². The second-order valence-corrected chi connectivity index (χ2v) is 5.98. The van der Waals surface area contributed by atoms with E-state index in [0.29, 0.717) is 5.69 Å². The molecule has 0 aliphatic rings. The van der Waals surface area contributed by atoms with Crippen molar-refractivity contribution in [1.29, 1.82) is 0 Å². The van der Waals surface area contributed by atoms with E-state index in [1.807, 2.05) is 0 Å². The van der Waals surface area contributed by atoms with Crippen LogP contribution in [-0.2, 0) is 10.0 Å². The van der Waals surface area contributed by atoms with E-state index in [-0.39, 0.29) is 11.4 Å². The summed E-state index contributed by atoms with van der Waals surface area (Å²) in [4.78, 5) is 10.4. The van der Waals surface area contributed by atoms with E-state index in [9.17, 15) is 17.6 Å². The summed E-state index contributed by atoms with van der Waals surface area (Å²) in [5.41, 5.74) is -0.203. The normalized spacial score (nSPS) is 11.4. The van der Waals surface area contributed by atoms with Crippen molar-refractivity contribution in [2.45, 2.75) is 18.7 Å². The molecule has 0 saturated heterocycles. The molecule has 0 amide bonds. The Hall–Kier alpha value is -2.42. The lowest BCUT2D eigenvalue weighted by Crippen LogP contribution is -2.15. The van der Waals surface area contributed by atoms with E-state index in [1.54, 1.807) is 6.92 Å². The number of aryl methyl sites for hydroxylation is 1. The zero-order valence-corrected chi connectivity index (χ0v) is 11.9. The van der Waals surface area contributed by atoms with Crippen molar-refractivity contribution >= 4 is 21.9 Å². The number of sulfonamides is 1. The van der Waals surface area contributed by atoms with E-state index in [1.165, 1.54) is 13.0 Å². The molecule has 0 aliphatic heterocycles. The van der Waals surface area contributed by atoms with Crippen molar-refractivity contribution in [2.24, 2.45) is 0 Å². The number of benzene rings is 1. The summed E-state index contributed by atoms with van der Waals surface area (Å²) in [6.45, 7) is 2.83. The van der Waals surface area contributed by atoms with Gasteiger partial charge >= 0.3 is 5.97 Å². The molecule has 2 N–H and O–H groups in total. The highest BCUT2D eigenvalue weighted by Gasteiger charge is 2.23. The van der Waals surface area contributed by atoms with Gasteiger partial charge in [0.15, 0.2) is 0 Å². The fourth-order valence-electron chi connectivity index (χ4n) is 1.66. The van der Waals surface area contributed by atoms with Crippen LogP contribution in [0.4, 0.5) is 10.3 Å². The second-order valence-electron chi connectivity index (χ2n) is 4.32. The fraction of sp³-hybridized carbons (Fsp3) is 0.167. The summed E-state index contributed by atoms with van der Waals surface area (Å²) in [6, 6.07) is 2.98. The quantitative estimate of drug-likeness (QED) is 0.892. The maximum Gasteiger partial charge on any atom is 0.335 e. The number of carboxylic acids is 1. The van der Waals surface area contributed by atoms with Gasteiger partial charge in [-0.25, -0.2) is 22.3 Å². The number of halogens is 1. The number of carbonyl (C=O) groups is 1. The van der Waals surface area contributed by atoms with E-state index < -0.39 is 32.3 Å². The van der Waals surface area contributed by atoms with Crippen LogP contribution in [0.3, 0.4) is 0 Å². The predicted molar refractivity (Wildman–Crippen MR) is 70.1 cm³/mol. The molecule has 21 heavy (non-hydrogen) atoms. The number of nitrogens with one attached hydrogen (secondary N) is 1. The number of anilines is 1. The highest BCUT2D eigenvalue weighted by atomic mass is 32.2. The Morgan fingerprint density at radius 1 is 1.33 bits per heavy atom. The molecular weight excluding hydrogens is 303 g/mol. The number of aromatic nitrogens is 1. The smallest absolute Gasteiger partial charge is 0.335 e. The molecule has 1 heterocycles. The number of hydrogen-bond acceptors (Lipinski definition) is 5. The summed E-state index contributed by atoms with van der Waals surface area (Å²) in [5, 5.41) is 12.4. The first-order valence-corrected chi connectivity index (χ1v) is 7.18. The first-order chi connectivity index (χ1) is 9.70. The van der Waals surface area contributed by atoms with E-state index in [4.69, 9.17) is 9.63 Å². The Labute approximate surface area is 119 Å². The molecule has 1 aromatic carbocycles. The molecule has 0 fully saturated rings. The monoisotopic (exact) mass is 314 g/mol. The average molecular weight is 314 g/mol. The van der Waals surface area contributed by atoms with Crippen LogP contribution in [0.25, 0.3) is 0 Å². The SMILES string of the molecule is Cc1cc(NS(=O)(=O)c2cc(C(=O)O)cc(F)c2C)on1. The molecule has 0 radical (unpaired) electrons. The third kappa shape index (κ3) is 3.02. The summed E-state index contributed by atoms with van der Waals surface area (Å²) >= 11 is 0.